The largest absolute Gasteiger partial charge is 0.303 e. The average molecular weight is 247 g/mol. The SMILES string of the molecule is [2H]C([2H])([2H])C(C)(C)N[C@@]([2H])(C(=O)c1cccc(Cl)c1)C([2H])([2H])[2H]. The van der Waals surface area contributed by atoms with Crippen LogP contribution in [0.1, 0.15) is 47.5 Å². The quantitative estimate of drug-likeness (QED) is 0.830. The van der Waals surface area contributed by atoms with E-state index in [1.54, 1.807) is 0 Å². The van der Waals surface area contributed by atoms with E-state index in [0.717, 1.165) is 0 Å². The first-order valence-corrected chi connectivity index (χ1v) is 5.09. The first-order valence-electron chi connectivity index (χ1n) is 8.21. The number of carbonyl (C=O) groups is 1. The molecule has 0 radical (unpaired) electrons. The van der Waals surface area contributed by atoms with Crippen LogP contribution in [0, 0.1) is 0 Å². The molecule has 1 rings (SSSR count). The average Bonchev–Trinajstić information content (AvgIpc) is 2.34. The van der Waals surface area contributed by atoms with Gasteiger partial charge >= 0.3 is 0 Å². The summed E-state index contributed by atoms with van der Waals surface area (Å²) in [4.78, 5) is 12.6. The molecule has 88 valence electrons. The summed E-state index contributed by atoms with van der Waals surface area (Å²) in [7, 11) is 0. The van der Waals surface area contributed by atoms with Crippen LogP contribution in [0.4, 0.5) is 0 Å². The molecule has 0 aliphatic rings. The Hall–Kier alpha value is -0.860. The molecule has 0 saturated heterocycles. The van der Waals surface area contributed by atoms with Gasteiger partial charge in [-0.2, -0.15) is 0 Å². The molecule has 1 aromatic rings. The van der Waals surface area contributed by atoms with E-state index in [9.17, 15) is 4.79 Å². The van der Waals surface area contributed by atoms with Crippen molar-refractivity contribution in [3.05, 3.63) is 34.9 Å². The zero-order chi connectivity index (χ0) is 18.3. The second kappa shape index (κ2) is 4.98. The van der Waals surface area contributed by atoms with Crippen LogP contribution >= 0.6 is 11.6 Å². The van der Waals surface area contributed by atoms with Crippen molar-refractivity contribution in [2.24, 2.45) is 0 Å². The van der Waals surface area contributed by atoms with E-state index >= 15 is 0 Å². The van der Waals surface area contributed by atoms with Crippen molar-refractivity contribution in [2.75, 3.05) is 0 Å². The van der Waals surface area contributed by atoms with Crippen LogP contribution < -0.4 is 5.32 Å². The van der Waals surface area contributed by atoms with E-state index in [4.69, 9.17) is 21.2 Å². The molecule has 0 aliphatic carbocycles. The Kier molecular flexibility index (Phi) is 1.92. The van der Waals surface area contributed by atoms with Crippen LogP contribution in [0.15, 0.2) is 24.3 Å². The molecule has 0 amide bonds. The van der Waals surface area contributed by atoms with Crippen LogP contribution in [-0.4, -0.2) is 17.3 Å². The van der Waals surface area contributed by atoms with E-state index in [0.29, 0.717) is 0 Å². The van der Waals surface area contributed by atoms with Crippen molar-refractivity contribution < 1.29 is 14.4 Å². The van der Waals surface area contributed by atoms with Crippen LogP contribution in [0.25, 0.3) is 0 Å². The number of Topliss-reactive ketones (excluding diaryl/α,β-unsaturated/α-hetero) is 1. The van der Waals surface area contributed by atoms with Gasteiger partial charge < -0.3 is 5.32 Å². The maximum absolute atomic E-state index is 12.6. The molecular formula is C13H18ClNO. The molecule has 1 N–H and O–H groups in total. The van der Waals surface area contributed by atoms with Gasteiger partial charge in [0.25, 0.3) is 0 Å². The monoisotopic (exact) mass is 246 g/mol. The Balaban J connectivity index is 3.37. The maximum atomic E-state index is 12.6. The summed E-state index contributed by atoms with van der Waals surface area (Å²) < 4.78 is 53.3. The molecule has 2 nitrogen and oxygen atoms in total. The van der Waals surface area contributed by atoms with Crippen molar-refractivity contribution in [2.45, 2.75) is 39.1 Å². The number of hydrogen-bond acceptors (Lipinski definition) is 2. The standard InChI is InChI=1S/C13H18ClNO/c1-9(15-13(2,3)4)12(16)10-6-5-7-11(14)8-10/h5-9,15H,1-4H3/t9-/m1/s1/i1D3,2D3,9D. The maximum Gasteiger partial charge on any atom is 0.179 e. The number of benzene rings is 1. The highest BCUT2D eigenvalue weighted by Gasteiger charge is 2.20. The summed E-state index contributed by atoms with van der Waals surface area (Å²) in [6.07, 6.45) is 0. The van der Waals surface area contributed by atoms with Gasteiger partial charge in [-0.1, -0.05) is 23.7 Å². The molecule has 0 aliphatic heterocycles. The van der Waals surface area contributed by atoms with Gasteiger partial charge in [-0.3, -0.25) is 4.79 Å². The summed E-state index contributed by atoms with van der Waals surface area (Å²) in [5, 5.41) is 2.42. The lowest BCUT2D eigenvalue weighted by Gasteiger charge is -2.25. The number of nitrogens with one attached hydrogen (secondary N) is 1. The van der Waals surface area contributed by atoms with Crippen molar-refractivity contribution in [3.63, 3.8) is 0 Å². The van der Waals surface area contributed by atoms with Crippen LogP contribution in [0.3, 0.4) is 0 Å². The Labute approximate surface area is 112 Å². The Morgan fingerprint density at radius 2 is 2.38 bits per heavy atom. The third-order valence-corrected chi connectivity index (χ3v) is 1.99. The Bertz CT molecular complexity index is 597. The third-order valence-electron chi connectivity index (χ3n) is 1.75. The van der Waals surface area contributed by atoms with Crippen LogP contribution in [0.2, 0.25) is 5.02 Å². The van der Waals surface area contributed by atoms with Gasteiger partial charge in [0, 0.05) is 24.3 Å². The Morgan fingerprint density at radius 3 is 2.94 bits per heavy atom. The van der Waals surface area contributed by atoms with Crippen LogP contribution in [-0.2, 0) is 0 Å². The highest BCUT2D eigenvalue weighted by Crippen LogP contribution is 2.13. The zero-order valence-corrected chi connectivity index (χ0v) is 9.85. The van der Waals surface area contributed by atoms with Crippen molar-refractivity contribution in [1.29, 1.82) is 0 Å². The predicted molar refractivity (Wildman–Crippen MR) is 68.1 cm³/mol. The van der Waals surface area contributed by atoms with Gasteiger partial charge in [0.05, 0.1) is 7.39 Å². The summed E-state index contributed by atoms with van der Waals surface area (Å²) in [5.41, 5.74) is -1.85. The third kappa shape index (κ3) is 3.95. The lowest BCUT2D eigenvalue weighted by atomic mass is 10.0. The van der Waals surface area contributed by atoms with E-state index in [2.05, 4.69) is 5.32 Å². The van der Waals surface area contributed by atoms with E-state index in [1.807, 2.05) is 0 Å². The van der Waals surface area contributed by atoms with Gasteiger partial charge in [-0.25, -0.2) is 0 Å². The molecule has 0 heterocycles. The van der Waals surface area contributed by atoms with E-state index < -0.39 is 31.0 Å². The number of carbonyl (C=O) groups excluding carboxylic acids is 1. The van der Waals surface area contributed by atoms with Crippen molar-refractivity contribution >= 4 is 17.4 Å². The number of halogens is 1. The topological polar surface area (TPSA) is 29.1 Å². The summed E-state index contributed by atoms with van der Waals surface area (Å²) in [5.74, 6) is -1.07. The van der Waals surface area contributed by atoms with Gasteiger partial charge in [-0.05, 0) is 39.7 Å². The fourth-order valence-electron chi connectivity index (χ4n) is 1.14. The highest BCUT2D eigenvalue weighted by atomic mass is 35.5. The second-order valence-corrected chi connectivity index (χ2v) is 4.40. The molecule has 0 aromatic heterocycles. The van der Waals surface area contributed by atoms with Gasteiger partial charge in [0.2, 0.25) is 0 Å². The first kappa shape index (κ1) is 6.18. The minimum atomic E-state index is -3.09. The van der Waals surface area contributed by atoms with Gasteiger partial charge in [0.1, 0.15) is 0 Å². The predicted octanol–water partition coefficient (Wildman–Crippen LogP) is 3.30. The second-order valence-electron chi connectivity index (χ2n) is 3.96. The Morgan fingerprint density at radius 1 is 1.62 bits per heavy atom. The molecule has 1 atom stereocenters. The van der Waals surface area contributed by atoms with Crippen molar-refractivity contribution in [3.8, 4) is 0 Å². The molecular weight excluding hydrogens is 222 g/mol. The number of rotatable bonds is 3. The highest BCUT2D eigenvalue weighted by molar-refractivity contribution is 6.31. The smallest absolute Gasteiger partial charge is 0.179 e. The molecule has 0 unspecified atom stereocenters. The van der Waals surface area contributed by atoms with Gasteiger partial charge in [0.15, 0.2) is 5.78 Å². The van der Waals surface area contributed by atoms with E-state index in [1.165, 1.54) is 38.1 Å². The van der Waals surface area contributed by atoms with Crippen molar-refractivity contribution in [1.82, 2.24) is 5.32 Å². The summed E-state index contributed by atoms with van der Waals surface area (Å²) in [6.45, 7) is -3.26. The molecule has 1 aromatic carbocycles. The minimum absolute atomic E-state index is 0.0857. The zero-order valence-electron chi connectivity index (χ0n) is 16.1. The number of ketones is 1. The first-order chi connectivity index (χ1) is 10.1. The molecule has 0 spiro atoms. The summed E-state index contributed by atoms with van der Waals surface area (Å²) in [6, 6.07) is 2.69. The minimum Gasteiger partial charge on any atom is -0.303 e. The molecule has 0 bridgehead atoms. The number of hydrogen-bond donors (Lipinski definition) is 1. The lowest BCUT2D eigenvalue weighted by Crippen LogP contribution is -2.46. The van der Waals surface area contributed by atoms with Crippen LogP contribution in [0.5, 0.6) is 0 Å². The molecule has 16 heavy (non-hydrogen) atoms. The fraction of sp³-hybridized carbons (Fsp3) is 0.462. The van der Waals surface area contributed by atoms with E-state index in [-0.39, 0.29) is 10.6 Å². The summed E-state index contributed by atoms with van der Waals surface area (Å²) >= 11 is 5.79. The molecule has 3 heteroatoms. The molecule has 0 fully saturated rings. The fourth-order valence-corrected chi connectivity index (χ4v) is 1.33. The van der Waals surface area contributed by atoms with Gasteiger partial charge in [-0.15, -0.1) is 0 Å². The normalized spacial score (nSPS) is 23.6. The lowest BCUT2D eigenvalue weighted by molar-refractivity contribution is 0.0936. The molecule has 0 saturated carbocycles.